The third-order valence-electron chi connectivity index (χ3n) is 2.06. The van der Waals surface area contributed by atoms with Gasteiger partial charge in [-0.1, -0.05) is 6.92 Å². The van der Waals surface area contributed by atoms with Crippen LogP contribution in [0.5, 0.6) is 5.75 Å². The molecule has 1 aromatic carbocycles. The van der Waals surface area contributed by atoms with Gasteiger partial charge in [0, 0.05) is 12.1 Å². The molecule has 0 saturated heterocycles. The molecule has 0 aliphatic rings. The average molecular weight is 266 g/mol. The van der Waals surface area contributed by atoms with E-state index in [9.17, 15) is 4.79 Å². The molecule has 2 N–H and O–H groups in total. The first-order valence-corrected chi connectivity index (χ1v) is 6.29. The number of thiocarbonyl (C=S) groups is 1. The van der Waals surface area contributed by atoms with Crippen LogP contribution in [0.1, 0.15) is 27.2 Å². The summed E-state index contributed by atoms with van der Waals surface area (Å²) in [5.74, 6) is 0.700. The van der Waals surface area contributed by atoms with Gasteiger partial charge in [0.1, 0.15) is 5.75 Å². The van der Waals surface area contributed by atoms with Crippen molar-refractivity contribution in [3.05, 3.63) is 24.3 Å². The summed E-state index contributed by atoms with van der Waals surface area (Å²) in [6, 6.07) is 7.41. The lowest BCUT2D eigenvalue weighted by atomic mass is 10.3. The maximum absolute atomic E-state index is 11.1. The first-order valence-electron chi connectivity index (χ1n) is 5.88. The van der Waals surface area contributed by atoms with Gasteiger partial charge in [-0.3, -0.25) is 4.79 Å². The number of carbonyl (C=O) groups excluding carboxylic acids is 1. The summed E-state index contributed by atoms with van der Waals surface area (Å²) in [7, 11) is 0. The summed E-state index contributed by atoms with van der Waals surface area (Å²) in [6.45, 7) is 5.72. The second-order valence-electron chi connectivity index (χ2n) is 4.05. The fourth-order valence-electron chi connectivity index (χ4n) is 1.27. The molecule has 0 aromatic heterocycles. The van der Waals surface area contributed by atoms with Crippen molar-refractivity contribution in [2.24, 2.45) is 0 Å². The van der Waals surface area contributed by atoms with E-state index in [2.05, 4.69) is 10.6 Å². The molecule has 1 rings (SSSR count). The van der Waals surface area contributed by atoms with Crippen LogP contribution >= 0.6 is 12.2 Å². The second kappa shape index (κ2) is 6.96. The minimum absolute atomic E-state index is 0.104. The SMILES string of the molecule is CCC(=O)NC(=S)Nc1ccc(OC(C)C)cc1. The number of benzene rings is 1. The van der Waals surface area contributed by atoms with Crippen LogP contribution < -0.4 is 15.4 Å². The van der Waals surface area contributed by atoms with Gasteiger partial charge in [-0.05, 0) is 50.3 Å². The van der Waals surface area contributed by atoms with Crippen LogP contribution in [0.2, 0.25) is 0 Å². The van der Waals surface area contributed by atoms with E-state index < -0.39 is 0 Å². The normalized spacial score (nSPS) is 10.0. The molecule has 18 heavy (non-hydrogen) atoms. The Bertz CT molecular complexity index is 416. The first kappa shape index (κ1) is 14.4. The van der Waals surface area contributed by atoms with Crippen LogP contribution in [-0.2, 0) is 4.79 Å². The standard InChI is InChI=1S/C13H18N2O2S/c1-4-12(16)15-13(18)14-10-5-7-11(8-6-10)17-9(2)3/h5-9H,4H2,1-3H3,(H2,14,15,16,18). The van der Waals surface area contributed by atoms with Gasteiger partial charge in [0.2, 0.25) is 5.91 Å². The number of ether oxygens (including phenoxy) is 1. The van der Waals surface area contributed by atoms with Crippen molar-refractivity contribution in [1.82, 2.24) is 5.32 Å². The van der Waals surface area contributed by atoms with Gasteiger partial charge in [-0.25, -0.2) is 0 Å². The van der Waals surface area contributed by atoms with E-state index in [0.29, 0.717) is 11.5 Å². The summed E-state index contributed by atoms with van der Waals surface area (Å²) in [6.07, 6.45) is 0.553. The largest absolute Gasteiger partial charge is 0.491 e. The Morgan fingerprint density at radius 1 is 1.33 bits per heavy atom. The van der Waals surface area contributed by atoms with Crippen LogP contribution in [0.25, 0.3) is 0 Å². The predicted molar refractivity (Wildman–Crippen MR) is 76.9 cm³/mol. The molecule has 0 radical (unpaired) electrons. The Morgan fingerprint density at radius 3 is 2.44 bits per heavy atom. The molecule has 0 heterocycles. The zero-order valence-electron chi connectivity index (χ0n) is 10.8. The number of anilines is 1. The van der Waals surface area contributed by atoms with Crippen molar-refractivity contribution in [3.8, 4) is 5.75 Å². The molecule has 0 unspecified atom stereocenters. The van der Waals surface area contributed by atoms with Crippen LogP contribution in [0, 0.1) is 0 Å². The zero-order valence-corrected chi connectivity index (χ0v) is 11.6. The molecule has 0 spiro atoms. The smallest absolute Gasteiger partial charge is 0.225 e. The molecule has 98 valence electrons. The van der Waals surface area contributed by atoms with E-state index in [1.54, 1.807) is 6.92 Å². The van der Waals surface area contributed by atoms with Crippen LogP contribution in [0.3, 0.4) is 0 Å². The van der Waals surface area contributed by atoms with E-state index in [0.717, 1.165) is 11.4 Å². The van der Waals surface area contributed by atoms with Gasteiger partial charge in [-0.2, -0.15) is 0 Å². The molecular formula is C13H18N2O2S. The predicted octanol–water partition coefficient (Wildman–Crippen LogP) is 2.70. The average Bonchev–Trinajstić information content (AvgIpc) is 2.30. The Hall–Kier alpha value is -1.62. The number of hydrogen-bond acceptors (Lipinski definition) is 3. The molecule has 5 heteroatoms. The number of nitrogens with one attached hydrogen (secondary N) is 2. The molecule has 0 fully saturated rings. The van der Waals surface area contributed by atoms with Crippen LogP contribution in [-0.4, -0.2) is 17.1 Å². The zero-order chi connectivity index (χ0) is 13.5. The molecule has 0 saturated carbocycles. The van der Waals surface area contributed by atoms with E-state index in [-0.39, 0.29) is 12.0 Å². The first-order chi connectivity index (χ1) is 8.51. The maximum Gasteiger partial charge on any atom is 0.225 e. The lowest BCUT2D eigenvalue weighted by Crippen LogP contribution is -2.33. The van der Waals surface area contributed by atoms with Crippen molar-refractivity contribution in [2.75, 3.05) is 5.32 Å². The van der Waals surface area contributed by atoms with E-state index in [4.69, 9.17) is 17.0 Å². The minimum Gasteiger partial charge on any atom is -0.491 e. The van der Waals surface area contributed by atoms with Gasteiger partial charge in [0.25, 0.3) is 0 Å². The molecule has 0 aliphatic heterocycles. The molecule has 1 amide bonds. The summed E-state index contributed by atoms with van der Waals surface area (Å²) >= 11 is 5.01. The van der Waals surface area contributed by atoms with Crippen LogP contribution in [0.15, 0.2) is 24.3 Å². The quantitative estimate of drug-likeness (QED) is 0.823. The summed E-state index contributed by atoms with van der Waals surface area (Å²) < 4.78 is 5.53. The van der Waals surface area contributed by atoms with Gasteiger partial charge in [0.15, 0.2) is 5.11 Å². The topological polar surface area (TPSA) is 50.4 Å². The minimum atomic E-state index is -0.104. The Kier molecular flexibility index (Phi) is 5.58. The Labute approximate surface area is 113 Å². The number of amides is 1. The van der Waals surface area contributed by atoms with E-state index in [1.807, 2.05) is 38.1 Å². The molecule has 0 atom stereocenters. The molecule has 0 bridgehead atoms. The van der Waals surface area contributed by atoms with Gasteiger partial charge >= 0.3 is 0 Å². The molecule has 4 nitrogen and oxygen atoms in total. The summed E-state index contributed by atoms with van der Waals surface area (Å²) in [5.41, 5.74) is 0.813. The summed E-state index contributed by atoms with van der Waals surface area (Å²) in [5, 5.41) is 5.81. The highest BCUT2D eigenvalue weighted by Crippen LogP contribution is 2.16. The molecule has 1 aromatic rings. The molecule has 0 aliphatic carbocycles. The maximum atomic E-state index is 11.1. The Morgan fingerprint density at radius 2 is 1.94 bits per heavy atom. The highest BCUT2D eigenvalue weighted by molar-refractivity contribution is 7.80. The van der Waals surface area contributed by atoms with Gasteiger partial charge < -0.3 is 15.4 Å². The lowest BCUT2D eigenvalue weighted by molar-refractivity contribution is -0.119. The van der Waals surface area contributed by atoms with Crippen LogP contribution in [0.4, 0.5) is 5.69 Å². The third kappa shape index (κ3) is 5.14. The van der Waals surface area contributed by atoms with Gasteiger partial charge in [0.05, 0.1) is 6.10 Å². The van der Waals surface area contributed by atoms with E-state index >= 15 is 0 Å². The van der Waals surface area contributed by atoms with Crippen molar-refractivity contribution < 1.29 is 9.53 Å². The van der Waals surface area contributed by atoms with Crippen molar-refractivity contribution >= 4 is 28.9 Å². The third-order valence-corrected chi connectivity index (χ3v) is 2.26. The second-order valence-corrected chi connectivity index (χ2v) is 4.46. The van der Waals surface area contributed by atoms with E-state index in [1.165, 1.54) is 0 Å². The van der Waals surface area contributed by atoms with Crippen molar-refractivity contribution in [2.45, 2.75) is 33.3 Å². The number of hydrogen-bond donors (Lipinski definition) is 2. The number of rotatable bonds is 4. The van der Waals surface area contributed by atoms with Crippen molar-refractivity contribution in [1.29, 1.82) is 0 Å². The monoisotopic (exact) mass is 266 g/mol. The Balaban J connectivity index is 2.53. The summed E-state index contributed by atoms with van der Waals surface area (Å²) in [4.78, 5) is 11.1. The van der Waals surface area contributed by atoms with Gasteiger partial charge in [-0.15, -0.1) is 0 Å². The lowest BCUT2D eigenvalue weighted by Gasteiger charge is -2.11. The van der Waals surface area contributed by atoms with Crippen molar-refractivity contribution in [3.63, 3.8) is 0 Å². The fourth-order valence-corrected chi connectivity index (χ4v) is 1.50. The highest BCUT2D eigenvalue weighted by atomic mass is 32.1. The highest BCUT2D eigenvalue weighted by Gasteiger charge is 2.02. The fraction of sp³-hybridized carbons (Fsp3) is 0.385. The number of carbonyl (C=O) groups is 1. The molecular weight excluding hydrogens is 248 g/mol.